The number of para-hydroxylation sites is 1. The Morgan fingerprint density at radius 3 is 2.61 bits per heavy atom. The Hall–Kier alpha value is -4.74. The van der Waals surface area contributed by atoms with E-state index in [9.17, 15) is 28.8 Å². The van der Waals surface area contributed by atoms with Crippen molar-refractivity contribution in [1.82, 2.24) is 25.5 Å². The molecule has 0 saturated heterocycles. The van der Waals surface area contributed by atoms with Crippen molar-refractivity contribution in [2.24, 2.45) is 17.8 Å². The number of aromatic nitrogens is 2. The molecule has 244 valence electrons. The van der Waals surface area contributed by atoms with E-state index in [2.05, 4.69) is 33.2 Å². The largest absolute Gasteiger partial charge is 0.353 e. The van der Waals surface area contributed by atoms with Gasteiger partial charge in [0.1, 0.15) is 24.0 Å². The number of hydrogen-bond donors (Lipinski definition) is 5. The van der Waals surface area contributed by atoms with Gasteiger partial charge in [0.2, 0.25) is 17.6 Å². The van der Waals surface area contributed by atoms with Gasteiger partial charge in [-0.3, -0.25) is 28.8 Å². The van der Waals surface area contributed by atoms with Gasteiger partial charge >= 0.3 is 0 Å². The number of hydrogen-bond acceptors (Lipinski definition) is 6. The average molecular weight is 631 g/mol. The van der Waals surface area contributed by atoms with Crippen LogP contribution >= 0.6 is 0 Å². The number of nitrogens with zero attached hydrogens (tertiary/aromatic N) is 1. The Balaban J connectivity index is 1.28. The van der Waals surface area contributed by atoms with Gasteiger partial charge in [0, 0.05) is 36.6 Å². The number of benzene rings is 1. The number of H-pyrrole nitrogens is 1. The maximum absolute atomic E-state index is 13.4. The number of Topliss-reactive ketones (excluding diaryl/α,β-unsaturated/α-hetero) is 1. The molecule has 2 aromatic heterocycles. The summed E-state index contributed by atoms with van der Waals surface area (Å²) in [5.74, 6) is -1.55. The second kappa shape index (κ2) is 14.6. The van der Waals surface area contributed by atoms with Gasteiger partial charge in [0.05, 0.1) is 0 Å². The number of rotatable bonds is 12. The lowest BCUT2D eigenvalue weighted by Gasteiger charge is -2.45. The monoisotopic (exact) mass is 630 g/mol. The molecule has 4 amide bonds. The number of anilines is 1. The molecule has 2 bridgehead atoms. The number of likely N-dealkylation sites (N-methyl/N-ethyl adjacent to an activating group) is 1. The van der Waals surface area contributed by atoms with Crippen LogP contribution in [0.1, 0.15) is 68.8 Å². The zero-order chi connectivity index (χ0) is 32.8. The Bertz CT molecular complexity index is 1640. The van der Waals surface area contributed by atoms with Crippen LogP contribution in [0.3, 0.4) is 0 Å². The summed E-state index contributed by atoms with van der Waals surface area (Å²) in [4.78, 5) is 80.1. The van der Waals surface area contributed by atoms with Gasteiger partial charge in [-0.2, -0.15) is 0 Å². The van der Waals surface area contributed by atoms with E-state index >= 15 is 0 Å². The standard InChI is InChI=1S/C34H42N6O6/c1-3-21-16-20-8-6-10-23(17-20)30(21)39-29(42)19-40-15-7-12-26(34(40)46)38-31(43)25(13-14-28(41)33(45)35-2)37-32(44)27-18-22-9-4-5-11-24(22)36-27/h4-5,7,9,11-12,15,18,20-21,23,25,30,36H,3,6,8,10,13-14,16-17,19H2,1-2H3,(H,35,45)(H,37,44)(H,38,43)(H,39,42)/t20?,21?,23?,25-,30?/m0/s1. The van der Waals surface area contributed by atoms with Crippen LogP contribution in [0.25, 0.3) is 10.9 Å². The molecule has 4 unspecified atom stereocenters. The molecule has 5 N–H and O–H groups in total. The van der Waals surface area contributed by atoms with Crippen molar-refractivity contribution in [3.8, 4) is 0 Å². The van der Waals surface area contributed by atoms with Crippen LogP contribution < -0.4 is 26.8 Å². The summed E-state index contributed by atoms with van der Waals surface area (Å²) in [6.07, 6.45) is 7.78. The van der Waals surface area contributed by atoms with Gasteiger partial charge in [-0.15, -0.1) is 0 Å². The van der Waals surface area contributed by atoms with Crippen molar-refractivity contribution in [1.29, 1.82) is 0 Å². The third-order valence-electron chi connectivity index (χ3n) is 9.46. The highest BCUT2D eigenvalue weighted by atomic mass is 16.2. The molecule has 5 atom stereocenters. The Kier molecular flexibility index (Phi) is 10.3. The minimum absolute atomic E-state index is 0.0815. The molecule has 5 rings (SSSR count). The van der Waals surface area contributed by atoms with Crippen molar-refractivity contribution >= 4 is 46.0 Å². The lowest BCUT2D eigenvalue weighted by atomic mass is 9.64. The van der Waals surface area contributed by atoms with Gasteiger partial charge in [-0.25, -0.2) is 0 Å². The number of amides is 4. The fourth-order valence-corrected chi connectivity index (χ4v) is 7.08. The van der Waals surface area contributed by atoms with Gasteiger partial charge < -0.3 is 30.8 Å². The number of aromatic amines is 1. The first kappa shape index (κ1) is 32.6. The third kappa shape index (κ3) is 7.55. The smallest absolute Gasteiger partial charge is 0.287 e. The van der Waals surface area contributed by atoms with E-state index in [1.165, 1.54) is 36.7 Å². The number of pyridine rings is 1. The summed E-state index contributed by atoms with van der Waals surface area (Å²) in [6.45, 7) is 1.96. The van der Waals surface area contributed by atoms with Crippen LogP contribution in [0.4, 0.5) is 5.69 Å². The van der Waals surface area contributed by atoms with E-state index < -0.39 is 35.1 Å². The van der Waals surface area contributed by atoms with Gasteiger partial charge in [0.25, 0.3) is 17.4 Å². The lowest BCUT2D eigenvalue weighted by molar-refractivity contribution is -0.137. The first-order chi connectivity index (χ1) is 22.2. The summed E-state index contributed by atoms with van der Waals surface area (Å²) >= 11 is 0. The van der Waals surface area contributed by atoms with E-state index in [4.69, 9.17) is 0 Å². The summed E-state index contributed by atoms with van der Waals surface area (Å²) in [5.41, 5.74) is 0.272. The van der Waals surface area contributed by atoms with Crippen LogP contribution in [0.15, 0.2) is 53.5 Å². The molecule has 2 heterocycles. The quantitative estimate of drug-likeness (QED) is 0.193. The summed E-state index contributed by atoms with van der Waals surface area (Å²) in [6, 6.07) is 10.7. The fraction of sp³-hybridized carbons (Fsp3) is 0.471. The Morgan fingerprint density at radius 2 is 1.85 bits per heavy atom. The number of carbonyl (C=O) groups is 5. The van der Waals surface area contributed by atoms with Crippen molar-refractivity contribution in [2.75, 3.05) is 12.4 Å². The maximum Gasteiger partial charge on any atom is 0.287 e. The molecule has 2 aliphatic rings. The van der Waals surface area contributed by atoms with E-state index in [-0.39, 0.29) is 42.7 Å². The molecule has 0 radical (unpaired) electrons. The number of ketones is 1. The molecular weight excluding hydrogens is 588 g/mol. The highest BCUT2D eigenvalue weighted by molar-refractivity contribution is 6.36. The molecule has 46 heavy (non-hydrogen) atoms. The topological polar surface area (TPSA) is 171 Å². The van der Waals surface area contributed by atoms with Gasteiger partial charge in [-0.05, 0) is 67.7 Å². The van der Waals surface area contributed by atoms with Crippen molar-refractivity contribution in [2.45, 2.75) is 76.9 Å². The molecular formula is C34H42N6O6. The molecule has 0 spiro atoms. The third-order valence-corrected chi connectivity index (χ3v) is 9.46. The maximum atomic E-state index is 13.4. The minimum Gasteiger partial charge on any atom is -0.353 e. The van der Waals surface area contributed by atoms with Gasteiger partial charge in [-0.1, -0.05) is 44.4 Å². The van der Waals surface area contributed by atoms with Crippen LogP contribution in [0.5, 0.6) is 0 Å². The molecule has 12 heteroatoms. The summed E-state index contributed by atoms with van der Waals surface area (Å²) in [7, 11) is 1.32. The highest BCUT2D eigenvalue weighted by Gasteiger charge is 2.39. The second-order valence-electron chi connectivity index (χ2n) is 12.5. The minimum atomic E-state index is -1.25. The first-order valence-corrected chi connectivity index (χ1v) is 16.1. The second-order valence-corrected chi connectivity index (χ2v) is 12.5. The summed E-state index contributed by atoms with van der Waals surface area (Å²) < 4.78 is 1.24. The predicted octanol–water partition coefficient (Wildman–Crippen LogP) is 2.88. The average Bonchev–Trinajstić information content (AvgIpc) is 3.50. The van der Waals surface area contributed by atoms with E-state index in [1.807, 2.05) is 24.3 Å². The van der Waals surface area contributed by atoms with Crippen molar-refractivity contribution in [3.63, 3.8) is 0 Å². The van der Waals surface area contributed by atoms with Crippen molar-refractivity contribution < 1.29 is 24.0 Å². The molecule has 2 fully saturated rings. The number of nitrogens with one attached hydrogen (secondary N) is 5. The van der Waals surface area contributed by atoms with Gasteiger partial charge in [0.15, 0.2) is 0 Å². The SMILES string of the molecule is CCC1CC2CCCC(C2)C1NC(=O)Cn1cccc(NC(=O)[C@H](CCC(=O)C(=O)NC)NC(=O)c2cc3ccccc3[nH]2)c1=O. The van der Waals surface area contributed by atoms with Crippen LogP contribution in [-0.2, 0) is 25.7 Å². The fourth-order valence-electron chi connectivity index (χ4n) is 7.08. The molecule has 3 aromatic rings. The molecule has 12 nitrogen and oxygen atoms in total. The number of fused-ring (bicyclic) bond motifs is 3. The van der Waals surface area contributed by atoms with Crippen LogP contribution in [0.2, 0.25) is 0 Å². The normalized spacial score (nSPS) is 21.2. The summed E-state index contributed by atoms with van der Waals surface area (Å²) in [5, 5.41) is 11.5. The zero-order valence-electron chi connectivity index (χ0n) is 26.3. The van der Waals surface area contributed by atoms with E-state index in [0.717, 1.165) is 42.5 Å². The molecule has 2 aliphatic carbocycles. The molecule has 0 aliphatic heterocycles. The Morgan fingerprint density at radius 1 is 1.04 bits per heavy atom. The predicted molar refractivity (Wildman–Crippen MR) is 173 cm³/mol. The highest BCUT2D eigenvalue weighted by Crippen LogP contribution is 2.43. The van der Waals surface area contributed by atoms with Crippen LogP contribution in [0, 0.1) is 17.8 Å². The Labute approximate surface area is 267 Å². The van der Waals surface area contributed by atoms with E-state index in [1.54, 1.807) is 12.1 Å². The lowest BCUT2D eigenvalue weighted by Crippen LogP contribution is -2.51. The van der Waals surface area contributed by atoms with Crippen molar-refractivity contribution in [3.05, 3.63) is 64.7 Å². The van der Waals surface area contributed by atoms with E-state index in [0.29, 0.717) is 11.8 Å². The molecule has 1 aromatic carbocycles. The first-order valence-electron chi connectivity index (χ1n) is 16.1. The number of carbonyl (C=O) groups excluding carboxylic acids is 5. The molecule has 2 saturated carbocycles. The zero-order valence-corrected chi connectivity index (χ0v) is 26.3. The van der Waals surface area contributed by atoms with Crippen LogP contribution in [-0.4, -0.2) is 58.1 Å².